The van der Waals surface area contributed by atoms with Gasteiger partial charge in [-0.25, -0.2) is 23.7 Å². The molecule has 0 spiro atoms. The second-order valence-corrected chi connectivity index (χ2v) is 8.44. The van der Waals surface area contributed by atoms with E-state index in [1.54, 1.807) is 6.20 Å². The Morgan fingerprint density at radius 2 is 2.00 bits per heavy atom. The average molecular weight is 429 g/mol. The Labute approximate surface area is 179 Å². The van der Waals surface area contributed by atoms with Crippen molar-refractivity contribution in [2.45, 2.75) is 51.5 Å². The molecule has 1 aliphatic carbocycles. The third-order valence-corrected chi connectivity index (χ3v) is 5.83. The number of anilines is 2. The van der Waals surface area contributed by atoms with E-state index < -0.39 is 17.6 Å². The molecule has 1 aromatic carbocycles. The summed E-state index contributed by atoms with van der Waals surface area (Å²) in [7, 11) is 0. The molecular weight excluding hydrogens is 404 g/mol. The molecule has 4 rings (SSSR count). The number of amidine groups is 1. The third-order valence-electron chi connectivity index (χ3n) is 5.83. The van der Waals surface area contributed by atoms with Crippen LogP contribution in [0.4, 0.5) is 26.1 Å². The van der Waals surface area contributed by atoms with Crippen LogP contribution in [0.2, 0.25) is 0 Å². The number of aromatic nitrogens is 2. The minimum Gasteiger partial charge on any atom is -0.481 e. The van der Waals surface area contributed by atoms with Crippen molar-refractivity contribution in [3.05, 3.63) is 41.7 Å². The van der Waals surface area contributed by atoms with Gasteiger partial charge in [0.15, 0.2) is 5.82 Å². The predicted octanol–water partition coefficient (Wildman–Crippen LogP) is 4.71. The number of rotatable bonds is 5. The molecule has 9 heteroatoms. The summed E-state index contributed by atoms with van der Waals surface area (Å²) in [5.41, 5.74) is 1.49. The fourth-order valence-corrected chi connectivity index (χ4v) is 4.35. The number of nitrogens with one attached hydrogen (secondary N) is 2. The Balaban J connectivity index is 1.70. The highest BCUT2D eigenvalue weighted by Crippen LogP contribution is 2.44. The predicted molar refractivity (Wildman–Crippen MR) is 114 cm³/mol. The van der Waals surface area contributed by atoms with Crippen molar-refractivity contribution in [3.8, 4) is 0 Å². The zero-order chi connectivity index (χ0) is 22.1. The molecule has 0 bridgehead atoms. The first-order chi connectivity index (χ1) is 14.8. The maximum absolute atomic E-state index is 14.3. The van der Waals surface area contributed by atoms with Gasteiger partial charge in [0.2, 0.25) is 5.95 Å². The minimum absolute atomic E-state index is 0.0365. The summed E-state index contributed by atoms with van der Waals surface area (Å²) < 4.78 is 27.6. The number of aliphatic carboxylic acids is 1. The van der Waals surface area contributed by atoms with Gasteiger partial charge in [0.25, 0.3) is 0 Å². The summed E-state index contributed by atoms with van der Waals surface area (Å²) in [5, 5.41) is 15.7. The molecule has 2 aliphatic rings. The number of fused-ring (bicyclic) bond motifs is 1. The standard InChI is InChI=1S/C22H25F2N5O2/c1-11(2)26-22-25-10-17-19(29-22)18(12-3-5-13(6-4-12)21(30)31)20(28-17)27-16-8-7-14(23)9-15(16)24/h7-13,18H,3-6H2,1-2H3,(H,27,28)(H,30,31)(H,25,26,29). The normalized spacial score (nSPS) is 24.2. The second kappa shape index (κ2) is 8.56. The highest BCUT2D eigenvalue weighted by molar-refractivity contribution is 6.07. The Hall–Kier alpha value is -3.10. The lowest BCUT2D eigenvalue weighted by Gasteiger charge is -2.30. The average Bonchev–Trinajstić information content (AvgIpc) is 3.07. The molecule has 1 aliphatic heterocycles. The van der Waals surface area contributed by atoms with Gasteiger partial charge >= 0.3 is 5.97 Å². The van der Waals surface area contributed by atoms with Gasteiger partial charge in [0, 0.05) is 12.1 Å². The molecule has 0 radical (unpaired) electrons. The number of carboxylic acids is 1. The molecule has 1 atom stereocenters. The number of carboxylic acid groups (broad SMARTS) is 1. The number of hydrogen-bond acceptors (Lipinski definition) is 5. The van der Waals surface area contributed by atoms with Gasteiger partial charge in [-0.1, -0.05) is 0 Å². The van der Waals surface area contributed by atoms with Crippen LogP contribution in [0.25, 0.3) is 0 Å². The largest absolute Gasteiger partial charge is 0.481 e. The van der Waals surface area contributed by atoms with E-state index in [0.717, 1.165) is 11.8 Å². The first kappa shape index (κ1) is 21.1. The molecule has 0 saturated heterocycles. The van der Waals surface area contributed by atoms with Crippen LogP contribution in [0.3, 0.4) is 0 Å². The summed E-state index contributed by atoms with van der Waals surface area (Å²) in [4.78, 5) is 24.9. The van der Waals surface area contributed by atoms with Gasteiger partial charge in [-0.3, -0.25) is 4.79 Å². The highest BCUT2D eigenvalue weighted by atomic mass is 19.1. The molecule has 7 nitrogen and oxygen atoms in total. The topological polar surface area (TPSA) is 99.5 Å². The summed E-state index contributed by atoms with van der Waals surface area (Å²) in [5.74, 6) is -1.64. The van der Waals surface area contributed by atoms with Crippen LogP contribution in [-0.4, -0.2) is 32.9 Å². The molecule has 1 fully saturated rings. The summed E-state index contributed by atoms with van der Waals surface area (Å²) in [6.45, 7) is 3.98. The molecule has 31 heavy (non-hydrogen) atoms. The molecule has 3 N–H and O–H groups in total. The van der Waals surface area contributed by atoms with Gasteiger partial charge in [-0.15, -0.1) is 0 Å². The van der Waals surface area contributed by atoms with Crippen molar-refractivity contribution < 1.29 is 18.7 Å². The van der Waals surface area contributed by atoms with Gasteiger partial charge in [0.05, 0.1) is 29.4 Å². The third kappa shape index (κ3) is 4.50. The van der Waals surface area contributed by atoms with Crippen LogP contribution in [-0.2, 0) is 4.79 Å². The van der Waals surface area contributed by atoms with E-state index in [1.807, 2.05) is 13.8 Å². The van der Waals surface area contributed by atoms with Gasteiger partial charge in [0.1, 0.15) is 17.3 Å². The van der Waals surface area contributed by atoms with Crippen LogP contribution in [0, 0.1) is 23.5 Å². The fourth-order valence-electron chi connectivity index (χ4n) is 4.35. The van der Waals surface area contributed by atoms with Crippen molar-refractivity contribution in [1.82, 2.24) is 9.97 Å². The first-order valence-corrected chi connectivity index (χ1v) is 10.5. The Morgan fingerprint density at radius 1 is 1.26 bits per heavy atom. The summed E-state index contributed by atoms with van der Waals surface area (Å²) in [6, 6.07) is 3.43. The van der Waals surface area contributed by atoms with E-state index in [1.165, 1.54) is 12.1 Å². The van der Waals surface area contributed by atoms with Crippen LogP contribution in [0.1, 0.15) is 51.1 Å². The molecule has 2 heterocycles. The molecule has 1 aromatic heterocycles. The first-order valence-electron chi connectivity index (χ1n) is 10.5. The Kier molecular flexibility index (Phi) is 5.84. The smallest absolute Gasteiger partial charge is 0.306 e. The number of halogens is 2. The summed E-state index contributed by atoms with van der Waals surface area (Å²) >= 11 is 0. The molecule has 164 valence electrons. The fraction of sp³-hybridized carbons (Fsp3) is 0.455. The van der Waals surface area contributed by atoms with Crippen LogP contribution in [0.15, 0.2) is 29.4 Å². The number of nitrogens with zero attached hydrogens (tertiary/aromatic N) is 3. The van der Waals surface area contributed by atoms with Crippen molar-refractivity contribution in [2.75, 3.05) is 10.6 Å². The highest BCUT2D eigenvalue weighted by Gasteiger charge is 2.40. The molecule has 2 aromatic rings. The van der Waals surface area contributed by atoms with Crippen molar-refractivity contribution in [2.24, 2.45) is 16.8 Å². The lowest BCUT2D eigenvalue weighted by molar-refractivity contribution is -0.143. The number of benzene rings is 1. The van der Waals surface area contributed by atoms with E-state index in [0.29, 0.717) is 43.2 Å². The van der Waals surface area contributed by atoms with Gasteiger partial charge < -0.3 is 15.7 Å². The zero-order valence-corrected chi connectivity index (χ0v) is 17.4. The van der Waals surface area contributed by atoms with Crippen molar-refractivity contribution in [1.29, 1.82) is 0 Å². The van der Waals surface area contributed by atoms with Crippen LogP contribution < -0.4 is 10.6 Å². The van der Waals surface area contributed by atoms with Gasteiger partial charge in [-0.2, -0.15) is 0 Å². The zero-order valence-electron chi connectivity index (χ0n) is 17.4. The van der Waals surface area contributed by atoms with E-state index in [-0.39, 0.29) is 29.5 Å². The maximum Gasteiger partial charge on any atom is 0.306 e. The second-order valence-electron chi connectivity index (χ2n) is 8.44. The van der Waals surface area contributed by atoms with E-state index in [9.17, 15) is 18.7 Å². The maximum atomic E-state index is 14.3. The lowest BCUT2D eigenvalue weighted by Crippen LogP contribution is -2.28. The number of aliphatic imine (C=N–C) groups is 1. The van der Waals surface area contributed by atoms with Crippen molar-refractivity contribution in [3.63, 3.8) is 0 Å². The number of hydrogen-bond donors (Lipinski definition) is 3. The van der Waals surface area contributed by atoms with Crippen LogP contribution >= 0.6 is 0 Å². The van der Waals surface area contributed by atoms with Crippen molar-refractivity contribution >= 4 is 29.1 Å². The Morgan fingerprint density at radius 3 is 2.65 bits per heavy atom. The number of carbonyl (C=O) groups is 1. The van der Waals surface area contributed by atoms with Crippen LogP contribution in [0.5, 0.6) is 0 Å². The van der Waals surface area contributed by atoms with E-state index in [4.69, 9.17) is 4.98 Å². The van der Waals surface area contributed by atoms with E-state index >= 15 is 0 Å². The molecule has 1 unspecified atom stereocenters. The summed E-state index contributed by atoms with van der Waals surface area (Å²) in [6.07, 6.45) is 4.22. The lowest BCUT2D eigenvalue weighted by atomic mass is 9.75. The minimum atomic E-state index is -0.767. The van der Waals surface area contributed by atoms with E-state index in [2.05, 4.69) is 20.6 Å². The Bertz CT molecular complexity index is 1020. The molecular formula is C22H25F2N5O2. The molecule has 1 saturated carbocycles. The molecule has 0 amide bonds. The SMILES string of the molecule is CC(C)Nc1ncc2c(n1)C(C1CCC(C(=O)O)CC1)C(=Nc1ccc(F)cc1F)N2. The van der Waals surface area contributed by atoms with Gasteiger partial charge in [-0.05, 0) is 57.6 Å². The quantitative estimate of drug-likeness (QED) is 0.637. The monoisotopic (exact) mass is 429 g/mol.